The topological polar surface area (TPSA) is 65.4 Å². The van der Waals surface area contributed by atoms with Crippen molar-refractivity contribution in [3.8, 4) is 11.8 Å². The van der Waals surface area contributed by atoms with Crippen LogP contribution in [0.4, 0.5) is 0 Å². The van der Waals surface area contributed by atoms with Crippen LogP contribution in [0.1, 0.15) is 23.6 Å². The smallest absolute Gasteiger partial charge is 0.257 e. The van der Waals surface area contributed by atoms with Gasteiger partial charge in [-0.15, -0.1) is 0 Å². The lowest BCUT2D eigenvalue weighted by molar-refractivity contribution is -0.123. The van der Waals surface area contributed by atoms with Crippen LogP contribution in [-0.2, 0) is 17.8 Å². The first-order valence-electron chi connectivity index (χ1n) is 8.86. The van der Waals surface area contributed by atoms with Gasteiger partial charge in [0, 0.05) is 25.7 Å². The van der Waals surface area contributed by atoms with E-state index in [2.05, 4.69) is 41.4 Å². The molecule has 5 nitrogen and oxygen atoms in total. The first-order chi connectivity index (χ1) is 12.7. The number of hydrogen-bond acceptors (Lipinski definition) is 4. The number of carbonyl (C=O) groups is 1. The molecule has 0 bridgehead atoms. The van der Waals surface area contributed by atoms with Gasteiger partial charge in [0.25, 0.3) is 5.91 Å². The van der Waals surface area contributed by atoms with E-state index in [1.165, 1.54) is 11.1 Å². The number of hydrogen-bond donors (Lipinski definition) is 1. The zero-order chi connectivity index (χ0) is 18.4. The maximum absolute atomic E-state index is 12.0. The molecule has 5 heteroatoms. The van der Waals surface area contributed by atoms with Gasteiger partial charge in [-0.2, -0.15) is 5.26 Å². The summed E-state index contributed by atoms with van der Waals surface area (Å²) in [5.74, 6) is 0.443. The van der Waals surface area contributed by atoms with Gasteiger partial charge in [0.1, 0.15) is 5.75 Å². The zero-order valence-electron chi connectivity index (χ0n) is 14.9. The number of nitriles is 1. The van der Waals surface area contributed by atoms with Gasteiger partial charge in [-0.05, 0) is 48.7 Å². The van der Waals surface area contributed by atoms with Crippen molar-refractivity contribution in [3.63, 3.8) is 0 Å². The van der Waals surface area contributed by atoms with Crippen LogP contribution in [0.5, 0.6) is 5.75 Å². The Morgan fingerprint density at radius 3 is 2.69 bits per heavy atom. The minimum absolute atomic E-state index is 0.0263. The molecule has 3 rings (SSSR count). The highest BCUT2D eigenvalue weighted by Gasteiger charge is 2.20. The predicted octanol–water partition coefficient (Wildman–Crippen LogP) is 2.50. The summed E-state index contributed by atoms with van der Waals surface area (Å²) in [6.07, 6.45) is 1.05. The van der Waals surface area contributed by atoms with Crippen LogP contribution < -0.4 is 10.1 Å². The Labute approximate surface area is 154 Å². The van der Waals surface area contributed by atoms with Crippen molar-refractivity contribution >= 4 is 5.91 Å². The second-order valence-electron chi connectivity index (χ2n) is 6.57. The quantitative estimate of drug-likeness (QED) is 0.870. The average Bonchev–Trinajstić information content (AvgIpc) is 2.70. The molecule has 0 aromatic heterocycles. The second kappa shape index (κ2) is 8.50. The number of rotatable bonds is 6. The van der Waals surface area contributed by atoms with Gasteiger partial charge in [0.05, 0.1) is 11.6 Å². The van der Waals surface area contributed by atoms with Crippen LogP contribution in [0.2, 0.25) is 0 Å². The van der Waals surface area contributed by atoms with Crippen LogP contribution in [0.15, 0.2) is 48.5 Å². The maximum Gasteiger partial charge on any atom is 0.257 e. The van der Waals surface area contributed by atoms with E-state index in [4.69, 9.17) is 10.00 Å². The molecule has 1 N–H and O–H groups in total. The third kappa shape index (κ3) is 4.62. The van der Waals surface area contributed by atoms with Gasteiger partial charge in [-0.25, -0.2) is 0 Å². The number of nitrogens with one attached hydrogen (secondary N) is 1. The van der Waals surface area contributed by atoms with Crippen LogP contribution >= 0.6 is 0 Å². The molecule has 0 spiro atoms. The Bertz CT molecular complexity index is 796. The normalized spacial score (nSPS) is 14.8. The lowest BCUT2D eigenvalue weighted by Gasteiger charge is -2.33. The van der Waals surface area contributed by atoms with Crippen LogP contribution in [0.3, 0.4) is 0 Å². The Kier molecular flexibility index (Phi) is 5.88. The van der Waals surface area contributed by atoms with Crippen molar-refractivity contribution in [1.82, 2.24) is 10.2 Å². The molecular weight excluding hydrogens is 326 g/mol. The van der Waals surface area contributed by atoms with Crippen molar-refractivity contribution in [2.75, 3.05) is 19.7 Å². The average molecular weight is 349 g/mol. The second-order valence-corrected chi connectivity index (χ2v) is 6.57. The SMILES string of the molecule is C[C@H](CNC(=O)COc1ccc(C#N)cc1)N1CCc2ccccc2C1. The van der Waals surface area contributed by atoms with E-state index in [1.807, 2.05) is 6.07 Å². The van der Waals surface area contributed by atoms with Gasteiger partial charge in [0.15, 0.2) is 6.61 Å². The van der Waals surface area contributed by atoms with Gasteiger partial charge in [-0.1, -0.05) is 24.3 Å². The summed E-state index contributed by atoms with van der Waals surface area (Å²) in [6.45, 7) is 4.64. The summed E-state index contributed by atoms with van der Waals surface area (Å²) in [5, 5.41) is 11.7. The summed E-state index contributed by atoms with van der Waals surface area (Å²) in [5.41, 5.74) is 3.37. The molecular formula is C21H23N3O2. The van der Waals surface area contributed by atoms with Crippen molar-refractivity contribution in [2.45, 2.75) is 25.9 Å². The molecule has 134 valence electrons. The lowest BCUT2D eigenvalue weighted by Crippen LogP contribution is -2.45. The number of nitrogens with zero attached hydrogens (tertiary/aromatic N) is 2. The van der Waals surface area contributed by atoms with Crippen molar-refractivity contribution < 1.29 is 9.53 Å². The fourth-order valence-corrected chi connectivity index (χ4v) is 3.11. The van der Waals surface area contributed by atoms with E-state index in [1.54, 1.807) is 24.3 Å². The zero-order valence-corrected chi connectivity index (χ0v) is 14.9. The summed E-state index contributed by atoms with van der Waals surface area (Å²) >= 11 is 0. The Hall–Kier alpha value is -2.84. The number of amides is 1. The van der Waals surface area contributed by atoms with Crippen LogP contribution in [0, 0.1) is 11.3 Å². The summed E-state index contributed by atoms with van der Waals surface area (Å²) < 4.78 is 5.46. The predicted molar refractivity (Wildman–Crippen MR) is 99.7 cm³/mol. The van der Waals surface area contributed by atoms with Crippen molar-refractivity contribution in [2.24, 2.45) is 0 Å². The Balaban J connectivity index is 1.42. The third-order valence-electron chi connectivity index (χ3n) is 4.73. The van der Waals surface area contributed by atoms with E-state index in [0.717, 1.165) is 19.5 Å². The molecule has 0 unspecified atom stereocenters. The number of benzene rings is 2. The van der Waals surface area contributed by atoms with E-state index in [0.29, 0.717) is 17.9 Å². The van der Waals surface area contributed by atoms with Gasteiger partial charge < -0.3 is 10.1 Å². The molecule has 1 atom stereocenters. The largest absolute Gasteiger partial charge is 0.484 e. The first-order valence-corrected chi connectivity index (χ1v) is 8.86. The molecule has 0 aliphatic carbocycles. The Morgan fingerprint density at radius 2 is 1.96 bits per heavy atom. The van der Waals surface area contributed by atoms with Crippen molar-refractivity contribution in [1.29, 1.82) is 5.26 Å². The van der Waals surface area contributed by atoms with Gasteiger partial charge in [0.2, 0.25) is 0 Å². The number of carbonyl (C=O) groups excluding carboxylic acids is 1. The molecule has 26 heavy (non-hydrogen) atoms. The standard InChI is InChI=1S/C21H23N3O2/c1-16(24-11-10-18-4-2-3-5-19(18)14-24)13-23-21(25)15-26-20-8-6-17(12-22)7-9-20/h2-9,16H,10-11,13-15H2,1H3,(H,23,25)/t16-/m1/s1. The molecule has 0 fully saturated rings. The fourth-order valence-electron chi connectivity index (χ4n) is 3.11. The van der Waals surface area contributed by atoms with E-state index in [-0.39, 0.29) is 18.6 Å². The number of ether oxygens (including phenoxy) is 1. The molecule has 1 aliphatic heterocycles. The molecule has 2 aromatic carbocycles. The fraction of sp³-hybridized carbons (Fsp3) is 0.333. The summed E-state index contributed by atoms with van der Waals surface area (Å²) in [7, 11) is 0. The number of fused-ring (bicyclic) bond motifs is 1. The molecule has 1 heterocycles. The first kappa shape index (κ1) is 18.0. The van der Waals surface area contributed by atoms with E-state index >= 15 is 0 Å². The van der Waals surface area contributed by atoms with Gasteiger partial charge >= 0.3 is 0 Å². The summed E-state index contributed by atoms with van der Waals surface area (Å²) in [6, 6.07) is 17.6. The molecule has 0 radical (unpaired) electrons. The molecule has 0 saturated heterocycles. The molecule has 1 aliphatic rings. The van der Waals surface area contributed by atoms with Crippen molar-refractivity contribution in [3.05, 3.63) is 65.2 Å². The van der Waals surface area contributed by atoms with Crippen LogP contribution in [-0.4, -0.2) is 36.5 Å². The molecule has 2 aromatic rings. The maximum atomic E-state index is 12.0. The highest BCUT2D eigenvalue weighted by molar-refractivity contribution is 5.77. The van der Waals surface area contributed by atoms with E-state index < -0.39 is 0 Å². The van der Waals surface area contributed by atoms with Crippen LogP contribution in [0.25, 0.3) is 0 Å². The Morgan fingerprint density at radius 1 is 1.23 bits per heavy atom. The van der Waals surface area contributed by atoms with Gasteiger partial charge in [-0.3, -0.25) is 9.69 Å². The monoisotopic (exact) mass is 349 g/mol. The molecule has 1 amide bonds. The third-order valence-corrected chi connectivity index (χ3v) is 4.73. The highest BCUT2D eigenvalue weighted by Crippen LogP contribution is 2.20. The summed E-state index contributed by atoms with van der Waals surface area (Å²) in [4.78, 5) is 14.4. The molecule has 0 saturated carbocycles. The minimum Gasteiger partial charge on any atom is -0.484 e. The highest BCUT2D eigenvalue weighted by atomic mass is 16.5. The lowest BCUT2D eigenvalue weighted by atomic mass is 9.99. The minimum atomic E-state index is -0.140. The van der Waals surface area contributed by atoms with E-state index in [9.17, 15) is 4.79 Å².